The molecule has 2 heterocycles. The van der Waals surface area contributed by atoms with E-state index in [1.165, 1.54) is 37.5 Å². The van der Waals surface area contributed by atoms with E-state index in [2.05, 4.69) is 34.3 Å². The van der Waals surface area contributed by atoms with Gasteiger partial charge in [0.25, 0.3) is 0 Å². The van der Waals surface area contributed by atoms with E-state index < -0.39 is 0 Å². The van der Waals surface area contributed by atoms with Gasteiger partial charge in [-0.05, 0) is 37.3 Å². The fourth-order valence-electron chi connectivity index (χ4n) is 3.15. The zero-order valence-electron chi connectivity index (χ0n) is 14.1. The van der Waals surface area contributed by atoms with Crippen LogP contribution in [0.2, 0.25) is 0 Å². The fraction of sp³-hybridized carbons (Fsp3) is 0.556. The summed E-state index contributed by atoms with van der Waals surface area (Å²) in [6, 6.07) is 4.90. The van der Waals surface area contributed by atoms with Gasteiger partial charge in [-0.15, -0.1) is 11.3 Å². The van der Waals surface area contributed by atoms with Crippen molar-refractivity contribution >= 4 is 22.4 Å². The lowest BCUT2D eigenvalue weighted by Gasteiger charge is -2.19. The zero-order valence-corrected chi connectivity index (χ0v) is 14.9. The molecule has 1 amide bonds. The van der Waals surface area contributed by atoms with Gasteiger partial charge in [0.1, 0.15) is 11.5 Å². The zero-order chi connectivity index (χ0) is 16.7. The quantitative estimate of drug-likeness (QED) is 0.824. The smallest absolute Gasteiger partial charge is 0.223 e. The van der Waals surface area contributed by atoms with Crippen LogP contribution in [0.1, 0.15) is 56.2 Å². The highest BCUT2D eigenvalue weighted by atomic mass is 32.1. The molecule has 2 aliphatic rings. The number of carbonyl (C=O) groups is 1. The molecule has 1 N–H and O–H groups in total. The van der Waals surface area contributed by atoms with Crippen molar-refractivity contribution in [2.45, 2.75) is 58.2 Å². The molecule has 2 aromatic heterocycles. The highest BCUT2D eigenvalue weighted by Gasteiger charge is 2.37. The lowest BCUT2D eigenvalue weighted by Crippen LogP contribution is -2.25. The van der Waals surface area contributed by atoms with Crippen LogP contribution in [0.5, 0.6) is 0 Å². The SMILES string of the molecule is CC(=O)Nc1nc(CN(Cc2ccc([C@H]3C[C@H]3C)o2)C2CC2)cs1. The highest BCUT2D eigenvalue weighted by molar-refractivity contribution is 7.13. The third-order valence-corrected chi connectivity index (χ3v) is 5.59. The minimum atomic E-state index is -0.0765. The van der Waals surface area contributed by atoms with E-state index in [0.717, 1.165) is 36.2 Å². The summed E-state index contributed by atoms with van der Waals surface area (Å²) in [5.74, 6) is 3.52. The summed E-state index contributed by atoms with van der Waals surface area (Å²) in [7, 11) is 0. The molecule has 4 rings (SSSR count). The fourth-order valence-corrected chi connectivity index (χ4v) is 3.89. The molecule has 5 nitrogen and oxygen atoms in total. The number of amides is 1. The normalized spacial score (nSPS) is 22.8. The molecule has 0 unspecified atom stereocenters. The second kappa shape index (κ2) is 6.33. The molecular formula is C18H23N3O2S. The summed E-state index contributed by atoms with van der Waals surface area (Å²) in [5, 5.41) is 5.46. The lowest BCUT2D eigenvalue weighted by molar-refractivity contribution is -0.114. The topological polar surface area (TPSA) is 58.4 Å². The molecule has 6 heteroatoms. The first-order chi connectivity index (χ1) is 11.6. The molecule has 0 bridgehead atoms. The maximum atomic E-state index is 11.1. The first-order valence-electron chi connectivity index (χ1n) is 8.63. The molecule has 0 saturated heterocycles. The number of anilines is 1. The van der Waals surface area contributed by atoms with Gasteiger partial charge in [-0.25, -0.2) is 4.98 Å². The van der Waals surface area contributed by atoms with Gasteiger partial charge in [-0.1, -0.05) is 6.92 Å². The molecule has 0 aromatic carbocycles. The summed E-state index contributed by atoms with van der Waals surface area (Å²) in [6.45, 7) is 5.42. The molecular weight excluding hydrogens is 322 g/mol. The van der Waals surface area contributed by atoms with E-state index in [1.807, 2.05) is 5.38 Å². The summed E-state index contributed by atoms with van der Waals surface area (Å²) < 4.78 is 6.07. The number of nitrogens with zero attached hydrogens (tertiary/aromatic N) is 2. The molecule has 2 fully saturated rings. The Bertz CT molecular complexity index is 734. The largest absolute Gasteiger partial charge is 0.464 e. The molecule has 2 atom stereocenters. The summed E-state index contributed by atoms with van der Waals surface area (Å²) >= 11 is 1.48. The molecule has 24 heavy (non-hydrogen) atoms. The number of aromatic nitrogens is 1. The standard InChI is InChI=1S/C18H23N3O2S/c1-11-7-16(11)17-6-5-15(23-17)9-21(14-3-4-14)8-13-10-24-18(20-13)19-12(2)22/h5-6,10-11,14,16H,3-4,7-9H2,1-2H3,(H,19,20,22)/t11-,16+/m1/s1. The maximum absolute atomic E-state index is 11.1. The predicted molar refractivity (Wildman–Crippen MR) is 93.9 cm³/mol. The minimum Gasteiger partial charge on any atom is -0.464 e. The van der Waals surface area contributed by atoms with Crippen LogP contribution in [0.3, 0.4) is 0 Å². The number of furan rings is 1. The van der Waals surface area contributed by atoms with Crippen LogP contribution >= 0.6 is 11.3 Å². The van der Waals surface area contributed by atoms with Crippen molar-refractivity contribution in [1.29, 1.82) is 0 Å². The molecule has 0 radical (unpaired) electrons. The Morgan fingerprint density at radius 1 is 1.42 bits per heavy atom. The first-order valence-corrected chi connectivity index (χ1v) is 9.51. The average Bonchev–Trinajstić information content (AvgIpc) is 3.41. The number of hydrogen-bond donors (Lipinski definition) is 1. The third kappa shape index (κ3) is 3.70. The van der Waals surface area contributed by atoms with Crippen molar-refractivity contribution < 1.29 is 9.21 Å². The van der Waals surface area contributed by atoms with Crippen molar-refractivity contribution in [3.05, 3.63) is 34.7 Å². The van der Waals surface area contributed by atoms with Crippen LogP contribution in [-0.4, -0.2) is 21.8 Å². The Morgan fingerprint density at radius 3 is 2.88 bits per heavy atom. The van der Waals surface area contributed by atoms with E-state index in [9.17, 15) is 4.79 Å². The predicted octanol–water partition coefficient (Wildman–Crippen LogP) is 3.98. The molecule has 2 saturated carbocycles. The van der Waals surface area contributed by atoms with Gasteiger partial charge in [0.15, 0.2) is 5.13 Å². The highest BCUT2D eigenvalue weighted by Crippen LogP contribution is 2.47. The summed E-state index contributed by atoms with van der Waals surface area (Å²) in [6.07, 6.45) is 3.75. The lowest BCUT2D eigenvalue weighted by atomic mass is 10.3. The van der Waals surface area contributed by atoms with Gasteiger partial charge in [0.2, 0.25) is 5.91 Å². The minimum absolute atomic E-state index is 0.0765. The number of hydrogen-bond acceptors (Lipinski definition) is 5. The van der Waals surface area contributed by atoms with Crippen LogP contribution in [0.25, 0.3) is 0 Å². The Balaban J connectivity index is 1.40. The van der Waals surface area contributed by atoms with Crippen molar-refractivity contribution in [2.75, 3.05) is 5.32 Å². The Hall–Kier alpha value is -1.66. The van der Waals surface area contributed by atoms with Crippen LogP contribution in [0.15, 0.2) is 21.9 Å². The third-order valence-electron chi connectivity index (χ3n) is 4.78. The Kier molecular flexibility index (Phi) is 4.18. The summed E-state index contributed by atoms with van der Waals surface area (Å²) in [4.78, 5) is 18.1. The second-order valence-corrected chi connectivity index (χ2v) is 7.94. The number of thiazole rings is 1. The van der Waals surface area contributed by atoms with Gasteiger partial charge >= 0.3 is 0 Å². The average molecular weight is 345 g/mol. The summed E-state index contributed by atoms with van der Waals surface area (Å²) in [5.41, 5.74) is 1.01. The Morgan fingerprint density at radius 2 is 2.21 bits per heavy atom. The van der Waals surface area contributed by atoms with Gasteiger partial charge in [-0.2, -0.15) is 0 Å². The van der Waals surface area contributed by atoms with Crippen molar-refractivity contribution in [3.63, 3.8) is 0 Å². The van der Waals surface area contributed by atoms with Crippen LogP contribution < -0.4 is 5.32 Å². The molecule has 2 aromatic rings. The van der Waals surface area contributed by atoms with Gasteiger partial charge in [-0.3, -0.25) is 9.69 Å². The van der Waals surface area contributed by atoms with E-state index in [1.54, 1.807) is 0 Å². The molecule has 2 aliphatic carbocycles. The van der Waals surface area contributed by atoms with Crippen LogP contribution in [0.4, 0.5) is 5.13 Å². The second-order valence-electron chi connectivity index (χ2n) is 7.08. The van der Waals surface area contributed by atoms with E-state index in [4.69, 9.17) is 4.42 Å². The molecule has 0 spiro atoms. The van der Waals surface area contributed by atoms with E-state index in [0.29, 0.717) is 17.1 Å². The number of rotatable bonds is 7. The van der Waals surface area contributed by atoms with Gasteiger partial charge in [0, 0.05) is 30.8 Å². The molecule has 0 aliphatic heterocycles. The monoisotopic (exact) mass is 345 g/mol. The molecule has 128 valence electrons. The Labute approximate surface area is 146 Å². The number of carbonyl (C=O) groups excluding carboxylic acids is 1. The van der Waals surface area contributed by atoms with Crippen LogP contribution in [-0.2, 0) is 17.9 Å². The van der Waals surface area contributed by atoms with E-state index >= 15 is 0 Å². The first kappa shape index (κ1) is 15.8. The maximum Gasteiger partial charge on any atom is 0.223 e. The van der Waals surface area contributed by atoms with Gasteiger partial charge in [0.05, 0.1) is 12.2 Å². The van der Waals surface area contributed by atoms with Crippen molar-refractivity contribution in [3.8, 4) is 0 Å². The van der Waals surface area contributed by atoms with E-state index in [-0.39, 0.29) is 5.91 Å². The van der Waals surface area contributed by atoms with Crippen molar-refractivity contribution in [1.82, 2.24) is 9.88 Å². The van der Waals surface area contributed by atoms with Crippen LogP contribution in [0, 0.1) is 5.92 Å². The number of nitrogens with one attached hydrogen (secondary N) is 1. The van der Waals surface area contributed by atoms with Crippen molar-refractivity contribution in [2.24, 2.45) is 5.92 Å². The van der Waals surface area contributed by atoms with Gasteiger partial charge < -0.3 is 9.73 Å².